The molecule has 0 spiro atoms. The zero-order chi connectivity index (χ0) is 15.5. The summed E-state index contributed by atoms with van der Waals surface area (Å²) in [5.41, 5.74) is -0.164. The molecule has 1 saturated heterocycles. The van der Waals surface area contributed by atoms with Crippen LogP contribution in [0.15, 0.2) is 23.1 Å². The van der Waals surface area contributed by atoms with E-state index >= 15 is 0 Å². The number of hydrogen-bond acceptors (Lipinski definition) is 5. The molecule has 0 amide bonds. The third kappa shape index (κ3) is 3.74. The second kappa shape index (κ2) is 6.44. The van der Waals surface area contributed by atoms with Gasteiger partial charge >= 0.3 is 5.97 Å². The molecule has 1 aliphatic heterocycles. The number of ether oxygens (including phenoxy) is 2. The first kappa shape index (κ1) is 15.8. The van der Waals surface area contributed by atoms with Gasteiger partial charge in [0, 0.05) is 6.61 Å². The number of benzene rings is 1. The highest BCUT2D eigenvalue weighted by molar-refractivity contribution is 7.91. The molecule has 2 rings (SSSR count). The molecule has 0 aliphatic carbocycles. The van der Waals surface area contributed by atoms with Gasteiger partial charge in [0.05, 0.1) is 23.9 Å². The van der Waals surface area contributed by atoms with Crippen LogP contribution in [0.2, 0.25) is 0 Å². The van der Waals surface area contributed by atoms with E-state index in [1.165, 1.54) is 19.2 Å². The Labute approximate surface area is 123 Å². The van der Waals surface area contributed by atoms with Gasteiger partial charge in [0.15, 0.2) is 9.84 Å². The Morgan fingerprint density at radius 2 is 2.19 bits per heavy atom. The summed E-state index contributed by atoms with van der Waals surface area (Å²) in [6, 6.07) is 3.86. The van der Waals surface area contributed by atoms with Crippen LogP contribution in [0.1, 0.15) is 29.6 Å². The lowest BCUT2D eigenvalue weighted by atomic mass is 10.1. The minimum Gasteiger partial charge on any atom is -0.496 e. The highest BCUT2D eigenvalue weighted by atomic mass is 32.2. The van der Waals surface area contributed by atoms with E-state index in [0.717, 1.165) is 18.9 Å². The average Bonchev–Trinajstić information content (AvgIpc) is 2.47. The second-order valence-corrected chi connectivity index (χ2v) is 6.97. The Hall–Kier alpha value is -1.60. The molecule has 6 nitrogen and oxygen atoms in total. The minimum atomic E-state index is -3.58. The van der Waals surface area contributed by atoms with Gasteiger partial charge in [-0.1, -0.05) is 0 Å². The first-order valence-corrected chi connectivity index (χ1v) is 8.35. The molecule has 1 N–H and O–H groups in total. The fraction of sp³-hybridized carbons (Fsp3) is 0.500. The molecule has 1 atom stereocenters. The summed E-state index contributed by atoms with van der Waals surface area (Å²) >= 11 is 0. The normalized spacial score (nSPS) is 19.2. The van der Waals surface area contributed by atoms with Gasteiger partial charge in [-0.2, -0.15) is 0 Å². The lowest BCUT2D eigenvalue weighted by Gasteiger charge is -2.22. The molecule has 116 valence electrons. The third-order valence-electron chi connectivity index (χ3n) is 3.44. The number of methoxy groups -OCH3 is 1. The predicted molar refractivity (Wildman–Crippen MR) is 75.6 cm³/mol. The van der Waals surface area contributed by atoms with Crippen molar-refractivity contribution in [3.05, 3.63) is 23.8 Å². The molecule has 1 unspecified atom stereocenters. The predicted octanol–water partition coefficient (Wildman–Crippen LogP) is 1.74. The molecule has 0 bridgehead atoms. The maximum Gasteiger partial charge on any atom is 0.339 e. The van der Waals surface area contributed by atoms with Crippen LogP contribution in [0.5, 0.6) is 5.75 Å². The Kier molecular flexibility index (Phi) is 4.84. The number of sulfone groups is 1. The summed E-state index contributed by atoms with van der Waals surface area (Å²) in [5.74, 6) is -1.22. The Morgan fingerprint density at radius 1 is 1.43 bits per heavy atom. The maximum absolute atomic E-state index is 12.4. The van der Waals surface area contributed by atoms with E-state index in [2.05, 4.69) is 0 Å². The molecule has 0 saturated carbocycles. The molecule has 21 heavy (non-hydrogen) atoms. The molecule has 0 radical (unpaired) electrons. The topological polar surface area (TPSA) is 89.9 Å². The van der Waals surface area contributed by atoms with Gasteiger partial charge < -0.3 is 14.6 Å². The number of rotatable bonds is 5. The SMILES string of the molecule is COc1ccc(S(=O)(=O)CC2CCCCO2)cc1C(=O)O. The molecule has 1 aromatic rings. The van der Waals surface area contributed by atoms with E-state index < -0.39 is 15.8 Å². The molecule has 7 heteroatoms. The highest BCUT2D eigenvalue weighted by Crippen LogP contribution is 2.25. The Balaban J connectivity index is 2.27. The zero-order valence-corrected chi connectivity index (χ0v) is 12.6. The van der Waals surface area contributed by atoms with Crippen LogP contribution < -0.4 is 4.74 Å². The molecule has 1 heterocycles. The van der Waals surface area contributed by atoms with Gasteiger partial charge in [-0.15, -0.1) is 0 Å². The first-order valence-electron chi connectivity index (χ1n) is 6.70. The maximum atomic E-state index is 12.4. The number of carboxylic acids is 1. The van der Waals surface area contributed by atoms with E-state index in [-0.39, 0.29) is 28.1 Å². The summed E-state index contributed by atoms with van der Waals surface area (Å²) in [7, 11) is -2.25. The monoisotopic (exact) mass is 314 g/mol. The lowest BCUT2D eigenvalue weighted by molar-refractivity contribution is 0.0305. The van der Waals surface area contributed by atoms with Crippen LogP contribution in [-0.4, -0.2) is 45.1 Å². The molecule has 1 fully saturated rings. The van der Waals surface area contributed by atoms with Gasteiger partial charge in [-0.05, 0) is 37.5 Å². The van der Waals surface area contributed by atoms with Crippen LogP contribution in [-0.2, 0) is 14.6 Å². The summed E-state index contributed by atoms with van der Waals surface area (Å²) < 4.78 is 35.1. The van der Waals surface area contributed by atoms with Crippen LogP contribution >= 0.6 is 0 Å². The van der Waals surface area contributed by atoms with Crippen molar-refractivity contribution < 1.29 is 27.8 Å². The number of hydrogen-bond donors (Lipinski definition) is 1. The standard InChI is InChI=1S/C14H18O6S/c1-19-13-6-5-11(8-12(13)14(15)16)21(17,18)9-10-4-2-3-7-20-10/h5-6,8,10H,2-4,7,9H2,1H3,(H,15,16). The summed E-state index contributed by atoms with van der Waals surface area (Å²) in [5, 5.41) is 9.11. The van der Waals surface area contributed by atoms with Crippen molar-refractivity contribution >= 4 is 15.8 Å². The lowest BCUT2D eigenvalue weighted by Crippen LogP contribution is -2.27. The minimum absolute atomic E-state index is 0.0186. The van der Waals surface area contributed by atoms with Crippen molar-refractivity contribution in [2.75, 3.05) is 19.5 Å². The van der Waals surface area contributed by atoms with Crippen LogP contribution in [0.3, 0.4) is 0 Å². The van der Waals surface area contributed by atoms with Crippen molar-refractivity contribution in [2.24, 2.45) is 0 Å². The molecule has 1 aromatic carbocycles. The largest absolute Gasteiger partial charge is 0.496 e. The van der Waals surface area contributed by atoms with E-state index in [1.54, 1.807) is 0 Å². The fourth-order valence-corrected chi connectivity index (χ4v) is 3.85. The zero-order valence-electron chi connectivity index (χ0n) is 11.7. The number of carbonyl (C=O) groups is 1. The van der Waals surface area contributed by atoms with Gasteiger partial charge in [-0.3, -0.25) is 0 Å². The molecule has 0 aromatic heterocycles. The fourth-order valence-electron chi connectivity index (χ4n) is 2.33. The number of carboxylic acid groups (broad SMARTS) is 1. The van der Waals surface area contributed by atoms with Crippen LogP contribution in [0.4, 0.5) is 0 Å². The van der Waals surface area contributed by atoms with E-state index in [1.807, 2.05) is 0 Å². The van der Waals surface area contributed by atoms with Crippen molar-refractivity contribution in [3.8, 4) is 5.75 Å². The second-order valence-electron chi connectivity index (χ2n) is 4.94. The Morgan fingerprint density at radius 3 is 2.76 bits per heavy atom. The van der Waals surface area contributed by atoms with Crippen LogP contribution in [0.25, 0.3) is 0 Å². The van der Waals surface area contributed by atoms with E-state index in [0.29, 0.717) is 13.0 Å². The third-order valence-corrected chi connectivity index (χ3v) is 5.22. The van der Waals surface area contributed by atoms with Gasteiger partial charge in [-0.25, -0.2) is 13.2 Å². The molecular formula is C14H18O6S. The molecule has 1 aliphatic rings. The van der Waals surface area contributed by atoms with Gasteiger partial charge in [0.1, 0.15) is 11.3 Å². The van der Waals surface area contributed by atoms with Crippen molar-refractivity contribution in [2.45, 2.75) is 30.3 Å². The van der Waals surface area contributed by atoms with E-state index in [4.69, 9.17) is 14.6 Å². The van der Waals surface area contributed by atoms with Crippen LogP contribution in [0, 0.1) is 0 Å². The first-order chi connectivity index (χ1) is 9.94. The molecular weight excluding hydrogens is 296 g/mol. The van der Waals surface area contributed by atoms with Gasteiger partial charge in [0.25, 0.3) is 0 Å². The van der Waals surface area contributed by atoms with E-state index in [9.17, 15) is 13.2 Å². The van der Waals surface area contributed by atoms with Crippen molar-refractivity contribution in [3.63, 3.8) is 0 Å². The summed E-state index contributed by atoms with van der Waals surface area (Å²) in [6.07, 6.45) is 2.28. The summed E-state index contributed by atoms with van der Waals surface area (Å²) in [4.78, 5) is 11.1. The van der Waals surface area contributed by atoms with Crippen molar-refractivity contribution in [1.29, 1.82) is 0 Å². The van der Waals surface area contributed by atoms with Gasteiger partial charge in [0.2, 0.25) is 0 Å². The van der Waals surface area contributed by atoms with Crippen molar-refractivity contribution in [1.82, 2.24) is 0 Å². The summed E-state index contributed by atoms with van der Waals surface area (Å²) in [6.45, 7) is 0.573. The number of aromatic carboxylic acids is 1. The Bertz CT molecular complexity index is 616. The quantitative estimate of drug-likeness (QED) is 0.890. The smallest absolute Gasteiger partial charge is 0.339 e. The highest BCUT2D eigenvalue weighted by Gasteiger charge is 2.25. The average molecular weight is 314 g/mol.